The van der Waals surface area contributed by atoms with Gasteiger partial charge in [0.15, 0.2) is 11.6 Å². The van der Waals surface area contributed by atoms with E-state index in [2.05, 4.69) is 0 Å². The van der Waals surface area contributed by atoms with Crippen molar-refractivity contribution >= 4 is 15.9 Å². The Balaban J connectivity index is 1.37. The maximum absolute atomic E-state index is 13.8. The highest BCUT2D eigenvalue weighted by Gasteiger charge is 2.49. The van der Waals surface area contributed by atoms with E-state index in [1.807, 2.05) is 0 Å². The van der Waals surface area contributed by atoms with Crippen LogP contribution in [0.15, 0.2) is 47.4 Å². The normalized spacial score (nSPS) is 22.1. The van der Waals surface area contributed by atoms with E-state index in [4.69, 9.17) is 5.73 Å². The van der Waals surface area contributed by atoms with E-state index < -0.39 is 33.5 Å². The maximum atomic E-state index is 13.8. The van der Waals surface area contributed by atoms with Crippen molar-refractivity contribution in [2.45, 2.75) is 42.3 Å². The number of carbonyl (C=O) groups excluding carboxylic acids is 1. The van der Waals surface area contributed by atoms with Crippen LogP contribution >= 0.6 is 0 Å². The monoisotopic (exact) mass is 453 g/mol. The molecule has 10 heteroatoms. The van der Waals surface area contributed by atoms with Crippen molar-refractivity contribution in [3.05, 3.63) is 65.5 Å². The zero-order valence-corrected chi connectivity index (χ0v) is 17.4. The Labute approximate surface area is 178 Å². The molecule has 1 amide bonds. The summed E-state index contributed by atoms with van der Waals surface area (Å²) in [6.45, 7) is 0.475. The van der Waals surface area contributed by atoms with Crippen molar-refractivity contribution < 1.29 is 26.4 Å². The van der Waals surface area contributed by atoms with Crippen LogP contribution in [0.1, 0.15) is 18.4 Å². The molecule has 2 aromatic rings. The SMILES string of the molecule is N[C@@H](CC(=O)N1CC2CC1CN2S(=O)(=O)c1ccccc1)Cc1cc(F)c(F)cc1F. The standard InChI is InChI=1S/C21H22F3N3O3S/c22-18-10-20(24)19(23)7-13(18)6-14(25)8-21(28)26-11-16-9-15(26)12-27(16)31(29,30)17-4-2-1-3-5-17/h1-5,7,10,14-16H,6,8-9,11-12,25H2/t14-,15?,16?/m1/s1. The van der Waals surface area contributed by atoms with Crippen molar-refractivity contribution in [2.24, 2.45) is 5.73 Å². The smallest absolute Gasteiger partial charge is 0.243 e. The molecule has 31 heavy (non-hydrogen) atoms. The molecule has 0 aromatic heterocycles. The van der Waals surface area contributed by atoms with Crippen LogP contribution in [0.25, 0.3) is 0 Å². The van der Waals surface area contributed by atoms with Crippen LogP contribution in [0.4, 0.5) is 13.2 Å². The first-order chi connectivity index (χ1) is 14.7. The van der Waals surface area contributed by atoms with Gasteiger partial charge in [0.25, 0.3) is 0 Å². The molecule has 2 aromatic carbocycles. The van der Waals surface area contributed by atoms with Gasteiger partial charge in [0, 0.05) is 43.7 Å². The van der Waals surface area contributed by atoms with E-state index in [9.17, 15) is 26.4 Å². The van der Waals surface area contributed by atoms with Gasteiger partial charge in [-0.3, -0.25) is 4.79 Å². The van der Waals surface area contributed by atoms with Crippen molar-refractivity contribution in [2.75, 3.05) is 13.1 Å². The summed E-state index contributed by atoms with van der Waals surface area (Å²) in [6, 6.07) is 8.02. The number of nitrogens with zero attached hydrogens (tertiary/aromatic N) is 2. The van der Waals surface area contributed by atoms with E-state index in [1.165, 1.54) is 4.31 Å². The summed E-state index contributed by atoms with van der Waals surface area (Å²) in [5.41, 5.74) is 5.87. The lowest BCUT2D eigenvalue weighted by Gasteiger charge is -2.34. The number of hydrogen-bond acceptors (Lipinski definition) is 4. The molecule has 2 bridgehead atoms. The molecule has 2 fully saturated rings. The number of benzene rings is 2. The molecule has 3 atom stereocenters. The highest BCUT2D eigenvalue weighted by atomic mass is 32.2. The molecule has 2 N–H and O–H groups in total. The zero-order chi connectivity index (χ0) is 22.3. The number of sulfonamides is 1. The highest BCUT2D eigenvalue weighted by Crippen LogP contribution is 2.35. The number of hydrogen-bond donors (Lipinski definition) is 1. The number of nitrogens with two attached hydrogens (primary N) is 1. The van der Waals surface area contributed by atoms with Crippen molar-refractivity contribution in [3.8, 4) is 0 Å². The molecule has 0 spiro atoms. The zero-order valence-electron chi connectivity index (χ0n) is 16.5. The maximum Gasteiger partial charge on any atom is 0.243 e. The molecule has 166 valence electrons. The van der Waals surface area contributed by atoms with E-state index in [1.54, 1.807) is 35.2 Å². The number of fused-ring (bicyclic) bond motifs is 2. The van der Waals surface area contributed by atoms with Gasteiger partial charge in [0.05, 0.1) is 4.90 Å². The van der Waals surface area contributed by atoms with Crippen LogP contribution < -0.4 is 5.73 Å². The van der Waals surface area contributed by atoms with Crippen molar-refractivity contribution in [1.29, 1.82) is 0 Å². The van der Waals surface area contributed by atoms with Gasteiger partial charge in [-0.1, -0.05) is 18.2 Å². The summed E-state index contributed by atoms with van der Waals surface area (Å²) >= 11 is 0. The van der Waals surface area contributed by atoms with Gasteiger partial charge in [0.1, 0.15) is 5.82 Å². The van der Waals surface area contributed by atoms with Gasteiger partial charge in [-0.2, -0.15) is 4.31 Å². The minimum Gasteiger partial charge on any atom is -0.337 e. The first-order valence-corrected chi connectivity index (χ1v) is 11.4. The lowest BCUT2D eigenvalue weighted by Crippen LogP contribution is -2.51. The van der Waals surface area contributed by atoms with Crippen LogP contribution in [-0.2, 0) is 21.2 Å². The quantitative estimate of drug-likeness (QED) is 0.679. The molecule has 2 unspecified atom stereocenters. The predicted octanol–water partition coefficient (Wildman–Crippen LogP) is 2.04. The third-order valence-electron chi connectivity index (χ3n) is 5.87. The fraction of sp³-hybridized carbons (Fsp3) is 0.381. The van der Waals surface area contributed by atoms with Crippen LogP contribution in [0.5, 0.6) is 0 Å². The minimum absolute atomic E-state index is 0.0951. The molecule has 2 aliphatic rings. The Morgan fingerprint density at radius 3 is 2.35 bits per heavy atom. The summed E-state index contributed by atoms with van der Waals surface area (Å²) in [7, 11) is -3.63. The number of rotatable bonds is 6. The number of likely N-dealkylation sites (tertiary alicyclic amines) is 1. The van der Waals surface area contributed by atoms with E-state index in [0.717, 1.165) is 6.07 Å². The fourth-order valence-corrected chi connectivity index (χ4v) is 6.06. The third-order valence-corrected chi connectivity index (χ3v) is 7.80. The average Bonchev–Trinajstić information content (AvgIpc) is 3.34. The third kappa shape index (κ3) is 4.19. The minimum atomic E-state index is -3.63. The topological polar surface area (TPSA) is 83.7 Å². The van der Waals surface area contributed by atoms with E-state index in [0.29, 0.717) is 12.5 Å². The molecule has 4 rings (SSSR count). The number of piperazine rings is 1. The molecule has 0 saturated carbocycles. The highest BCUT2D eigenvalue weighted by molar-refractivity contribution is 7.89. The Morgan fingerprint density at radius 1 is 1.03 bits per heavy atom. The van der Waals surface area contributed by atoms with Gasteiger partial charge in [-0.05, 0) is 36.6 Å². The molecule has 0 aliphatic carbocycles. The van der Waals surface area contributed by atoms with Crippen molar-refractivity contribution in [1.82, 2.24) is 9.21 Å². The first-order valence-electron chi connectivity index (χ1n) is 9.92. The second kappa shape index (κ2) is 8.25. The van der Waals surface area contributed by atoms with Crippen LogP contribution in [0, 0.1) is 17.5 Å². The number of carbonyl (C=O) groups is 1. The number of amides is 1. The largest absolute Gasteiger partial charge is 0.337 e. The summed E-state index contributed by atoms with van der Waals surface area (Å²) in [4.78, 5) is 14.6. The van der Waals surface area contributed by atoms with Crippen molar-refractivity contribution in [3.63, 3.8) is 0 Å². The molecular formula is C21H22F3N3O3S. The summed E-state index contributed by atoms with van der Waals surface area (Å²) in [6.07, 6.45) is 0.323. The lowest BCUT2D eigenvalue weighted by atomic mass is 10.0. The Morgan fingerprint density at radius 2 is 1.71 bits per heavy atom. The Hall–Kier alpha value is -2.43. The second-order valence-electron chi connectivity index (χ2n) is 8.00. The van der Waals surface area contributed by atoms with Gasteiger partial charge in [-0.15, -0.1) is 0 Å². The van der Waals surface area contributed by atoms with Gasteiger partial charge in [0.2, 0.25) is 15.9 Å². The molecule has 2 saturated heterocycles. The first kappa shape index (κ1) is 21.8. The van der Waals surface area contributed by atoms with E-state index in [-0.39, 0.29) is 54.4 Å². The molecule has 6 nitrogen and oxygen atoms in total. The van der Waals surface area contributed by atoms with Gasteiger partial charge >= 0.3 is 0 Å². The Kier molecular flexibility index (Phi) is 5.80. The van der Waals surface area contributed by atoms with Gasteiger partial charge in [-0.25, -0.2) is 21.6 Å². The van der Waals surface area contributed by atoms with Crippen LogP contribution in [-0.4, -0.2) is 54.7 Å². The molecular weight excluding hydrogens is 431 g/mol. The number of halogens is 3. The summed E-state index contributed by atoms with van der Waals surface area (Å²) in [5, 5.41) is 0. The molecule has 2 heterocycles. The Bertz CT molecular complexity index is 1100. The van der Waals surface area contributed by atoms with Gasteiger partial charge < -0.3 is 10.6 Å². The summed E-state index contributed by atoms with van der Waals surface area (Å²) in [5.74, 6) is -3.64. The second-order valence-corrected chi connectivity index (χ2v) is 9.89. The lowest BCUT2D eigenvalue weighted by molar-refractivity contribution is -0.133. The molecule has 2 aliphatic heterocycles. The predicted molar refractivity (Wildman–Crippen MR) is 107 cm³/mol. The summed E-state index contributed by atoms with van der Waals surface area (Å²) < 4.78 is 67.4. The van der Waals surface area contributed by atoms with E-state index >= 15 is 0 Å². The molecule has 0 radical (unpaired) electrons. The average molecular weight is 453 g/mol. The van der Waals surface area contributed by atoms with Crippen LogP contribution in [0.3, 0.4) is 0 Å². The fourth-order valence-electron chi connectivity index (χ4n) is 4.37. The van der Waals surface area contributed by atoms with Crippen LogP contribution in [0.2, 0.25) is 0 Å².